The van der Waals surface area contributed by atoms with Crippen LogP contribution in [0.25, 0.3) is 0 Å². The Bertz CT molecular complexity index is 363. The van der Waals surface area contributed by atoms with Gasteiger partial charge in [-0.2, -0.15) is 0 Å². The summed E-state index contributed by atoms with van der Waals surface area (Å²) >= 11 is 8.67. The fraction of sp³-hybridized carbons (Fsp3) is 0.917. The van der Waals surface area contributed by atoms with Crippen LogP contribution in [0.5, 0.6) is 0 Å². The summed E-state index contributed by atoms with van der Waals surface area (Å²) < 4.78 is 0. The van der Waals surface area contributed by atoms with Crippen molar-refractivity contribution in [1.29, 1.82) is 0 Å². The molecule has 0 aromatic rings. The summed E-state index contributed by atoms with van der Waals surface area (Å²) in [5, 5.41) is -0.899. The molecule has 0 rings (SSSR count). The molecule has 0 aromatic heterocycles. The van der Waals surface area contributed by atoms with Crippen LogP contribution in [0, 0.1) is 0 Å². The van der Waals surface area contributed by atoms with Crippen molar-refractivity contribution in [3.05, 3.63) is 0 Å². The maximum absolute atomic E-state index is 11.6. The second-order valence-corrected chi connectivity index (χ2v) is 8.98. The first kappa shape index (κ1) is 35.5. The van der Waals surface area contributed by atoms with Crippen LogP contribution < -0.4 is 5.73 Å². The van der Waals surface area contributed by atoms with E-state index >= 15 is 0 Å². The Kier molecular flexibility index (Phi) is 34.2. The van der Waals surface area contributed by atoms with E-state index in [1.807, 2.05) is 4.90 Å². The summed E-state index contributed by atoms with van der Waals surface area (Å²) in [7, 11) is 0. The van der Waals surface area contributed by atoms with E-state index < -0.39 is 5.24 Å². The Morgan fingerprint density at radius 2 is 0.806 bits per heavy atom. The third kappa shape index (κ3) is 34.7. The van der Waals surface area contributed by atoms with E-state index in [-0.39, 0.29) is 22.3 Å². The minimum Gasteiger partial charge on any atom is -0.719 e. The number of amides is 2. The molecule has 189 valence electrons. The molecule has 0 aliphatic heterocycles. The van der Waals surface area contributed by atoms with Gasteiger partial charge in [0, 0.05) is 13.1 Å². The number of nitrogens with zero attached hydrogens (tertiary/aromatic N) is 1. The second kappa shape index (κ2) is 29.9. The summed E-state index contributed by atoms with van der Waals surface area (Å²) in [5.41, 5.74) is 4.29. The topological polar surface area (TPSA) is 63.4 Å². The molecule has 0 heterocycles. The Hall–Kier alpha value is -0.101. The monoisotopic (exact) mass is 523 g/mol. The predicted molar refractivity (Wildman–Crippen MR) is 136 cm³/mol. The van der Waals surface area contributed by atoms with Gasteiger partial charge in [-0.15, -0.1) is 0 Å². The van der Waals surface area contributed by atoms with Crippen LogP contribution in [0.15, 0.2) is 0 Å². The van der Waals surface area contributed by atoms with Crippen molar-refractivity contribution in [2.75, 3.05) is 13.1 Å². The van der Waals surface area contributed by atoms with Crippen molar-refractivity contribution in [2.24, 2.45) is 5.73 Å². The van der Waals surface area contributed by atoms with Crippen molar-refractivity contribution in [2.45, 2.75) is 129 Å². The Balaban J connectivity index is -0.00000143. The van der Waals surface area contributed by atoms with E-state index in [0.29, 0.717) is 0 Å². The number of hydrogen-bond donors (Lipinski definition) is 1. The summed E-state index contributed by atoms with van der Waals surface area (Å²) in [6.07, 6.45) is 23.8. The van der Waals surface area contributed by atoms with Crippen molar-refractivity contribution >= 4 is 35.7 Å². The van der Waals surface area contributed by atoms with E-state index in [9.17, 15) is 4.79 Å². The third-order valence-corrected chi connectivity index (χ3v) is 5.58. The molecule has 0 atom stereocenters. The summed E-state index contributed by atoms with van der Waals surface area (Å²) in [4.78, 5) is 22.6. The van der Waals surface area contributed by atoms with Gasteiger partial charge in [0.15, 0.2) is 0 Å². The number of rotatable bonds is 20. The number of nitrogens with two attached hydrogens (primary N) is 1. The summed E-state index contributed by atoms with van der Waals surface area (Å²) in [6.45, 7) is 6.27. The first-order valence-electron chi connectivity index (χ1n) is 12.4. The molecule has 2 amide bonds. The van der Waals surface area contributed by atoms with E-state index in [4.69, 9.17) is 17.4 Å². The molecule has 31 heavy (non-hydrogen) atoms. The molecule has 0 spiro atoms. The number of carbonyl (C=O) groups excluding carboxylic acids is 2. The van der Waals surface area contributed by atoms with Crippen LogP contribution >= 0.6 is 0 Å². The first-order chi connectivity index (χ1) is 14.5. The van der Waals surface area contributed by atoms with Crippen LogP contribution in [0.1, 0.15) is 129 Å². The average Bonchev–Trinajstić information content (AvgIpc) is 2.69. The molecule has 0 aliphatic carbocycles. The largest absolute Gasteiger partial charge is 2.00 e. The van der Waals surface area contributed by atoms with Gasteiger partial charge in [0.25, 0.3) is 0 Å². The van der Waals surface area contributed by atoms with Gasteiger partial charge in [0.05, 0.1) is 5.24 Å². The van der Waals surface area contributed by atoms with E-state index in [2.05, 4.69) is 32.2 Å². The Morgan fingerprint density at radius 1 is 0.581 bits per heavy atom. The SMILES string of the molecule is CCCCCCCCCCCN(CCCCCCCCCCC)C(=O)[S-].NC(=O)[S-].[Cu+2]. The minimum atomic E-state index is -0.750. The zero-order valence-electron chi connectivity index (χ0n) is 20.1. The number of carbonyl (C=O) groups is 2. The molecule has 4 nitrogen and oxygen atoms in total. The summed E-state index contributed by atoms with van der Waals surface area (Å²) in [5.74, 6) is 0. The number of hydrogen-bond acceptors (Lipinski definition) is 4. The summed E-state index contributed by atoms with van der Waals surface area (Å²) in [6, 6.07) is 0. The normalized spacial score (nSPS) is 10.0. The van der Waals surface area contributed by atoms with Gasteiger partial charge in [-0.05, 0) is 12.8 Å². The third-order valence-electron chi connectivity index (χ3n) is 5.32. The number of primary amides is 1. The molecule has 0 fully saturated rings. The van der Waals surface area contributed by atoms with Gasteiger partial charge in [-0.3, -0.25) is 0 Å². The molecule has 0 saturated heterocycles. The van der Waals surface area contributed by atoms with Crippen molar-refractivity contribution < 1.29 is 26.7 Å². The van der Waals surface area contributed by atoms with Gasteiger partial charge in [-0.25, -0.2) is 0 Å². The Morgan fingerprint density at radius 3 is 1.03 bits per heavy atom. The quantitative estimate of drug-likeness (QED) is 0.101. The molecule has 2 N–H and O–H groups in total. The molecule has 0 bridgehead atoms. The van der Waals surface area contributed by atoms with Crippen molar-refractivity contribution in [3.8, 4) is 0 Å². The van der Waals surface area contributed by atoms with Gasteiger partial charge < -0.3 is 45.5 Å². The molecule has 0 unspecified atom stereocenters. The van der Waals surface area contributed by atoms with Gasteiger partial charge in [0.1, 0.15) is 5.24 Å². The zero-order chi connectivity index (χ0) is 22.9. The van der Waals surface area contributed by atoms with Crippen LogP contribution in [0.2, 0.25) is 0 Å². The molecular formula is C24H48CuN2O2S2. The van der Waals surface area contributed by atoms with Crippen molar-refractivity contribution in [3.63, 3.8) is 0 Å². The molecule has 0 aromatic carbocycles. The fourth-order valence-electron chi connectivity index (χ4n) is 3.52. The number of unbranched alkanes of at least 4 members (excludes halogenated alkanes) is 16. The van der Waals surface area contributed by atoms with Gasteiger partial charge in [0.2, 0.25) is 0 Å². The van der Waals surface area contributed by atoms with E-state index in [0.717, 1.165) is 25.9 Å². The van der Waals surface area contributed by atoms with Crippen molar-refractivity contribution in [1.82, 2.24) is 4.90 Å². The molecular weight excluding hydrogens is 476 g/mol. The zero-order valence-corrected chi connectivity index (χ0v) is 22.7. The average molecular weight is 524 g/mol. The maximum atomic E-state index is 11.6. The standard InChI is InChI=1S/C23H47NOS.CH3NOS.Cu/c1-3-5-7-9-11-13-15-17-19-21-24(23(25)26)22-20-18-16-14-12-10-8-6-4-2;2-1(3)4;/h3-22H2,1-2H3,(H,25,26);(H3,2,3,4);/q;;+2/p-2. The predicted octanol–water partition coefficient (Wildman–Crippen LogP) is 7.63. The van der Waals surface area contributed by atoms with E-state index in [1.54, 1.807) is 0 Å². The smallest absolute Gasteiger partial charge is 0.719 e. The second-order valence-electron chi connectivity index (χ2n) is 8.23. The van der Waals surface area contributed by atoms with Gasteiger partial charge in [-0.1, -0.05) is 117 Å². The maximum Gasteiger partial charge on any atom is 2.00 e. The Labute approximate surface area is 214 Å². The minimum absolute atomic E-state index is 0. The van der Waals surface area contributed by atoms with Crippen LogP contribution in [-0.4, -0.2) is 28.5 Å². The fourth-order valence-corrected chi connectivity index (χ4v) is 3.70. The molecule has 1 radical (unpaired) electrons. The van der Waals surface area contributed by atoms with Crippen LogP contribution in [0.3, 0.4) is 0 Å². The molecule has 0 aliphatic rings. The van der Waals surface area contributed by atoms with Crippen LogP contribution in [-0.2, 0) is 42.3 Å². The molecule has 7 heteroatoms. The molecule has 0 saturated carbocycles. The van der Waals surface area contributed by atoms with Gasteiger partial charge >= 0.3 is 17.1 Å². The van der Waals surface area contributed by atoms with Crippen LogP contribution in [0.4, 0.5) is 9.59 Å². The first-order valence-corrected chi connectivity index (χ1v) is 13.2. The van der Waals surface area contributed by atoms with E-state index in [1.165, 1.54) is 103 Å².